The summed E-state index contributed by atoms with van der Waals surface area (Å²) in [5.74, 6) is 1.11. The monoisotopic (exact) mass is 640 g/mol. The van der Waals surface area contributed by atoms with E-state index in [9.17, 15) is 14.7 Å². The Morgan fingerprint density at radius 3 is 2.47 bits per heavy atom. The molecule has 3 aromatic carbocycles. The zero-order valence-electron chi connectivity index (χ0n) is 27.5. The van der Waals surface area contributed by atoms with Crippen LogP contribution in [0.3, 0.4) is 0 Å². The molecule has 248 valence electrons. The van der Waals surface area contributed by atoms with Crippen molar-refractivity contribution < 1.29 is 33.6 Å². The van der Waals surface area contributed by atoms with Gasteiger partial charge in [0.15, 0.2) is 0 Å². The number of hydrogen-bond acceptors (Lipinski definition) is 6. The molecule has 2 heterocycles. The average Bonchev–Trinajstić information content (AvgIpc) is 3.28. The Bertz CT molecular complexity index is 1740. The number of aromatic nitrogens is 1. The first-order valence-corrected chi connectivity index (χ1v) is 16.5. The van der Waals surface area contributed by atoms with Crippen LogP contribution in [-0.2, 0) is 22.5 Å². The van der Waals surface area contributed by atoms with E-state index >= 15 is 0 Å². The van der Waals surface area contributed by atoms with Gasteiger partial charge in [0.1, 0.15) is 29.4 Å². The number of carbonyl (C=O) groups excluding carboxylic acids is 1. The first-order valence-electron chi connectivity index (χ1n) is 16.5. The first-order chi connectivity index (χ1) is 22.8. The summed E-state index contributed by atoms with van der Waals surface area (Å²) < 4.78 is 24.8. The number of aliphatic carboxylic acids is 1. The van der Waals surface area contributed by atoms with Gasteiger partial charge in [-0.25, -0.2) is 4.79 Å². The van der Waals surface area contributed by atoms with Gasteiger partial charge in [0.2, 0.25) is 0 Å². The lowest BCUT2D eigenvalue weighted by Crippen LogP contribution is -2.53. The van der Waals surface area contributed by atoms with Gasteiger partial charge >= 0.3 is 5.97 Å². The Morgan fingerprint density at radius 2 is 1.74 bits per heavy atom. The number of carboxylic acids is 1. The first kappa shape index (κ1) is 32.4. The Balaban J connectivity index is 1.31. The Labute approximate surface area is 275 Å². The molecule has 1 atom stereocenters. The third-order valence-electron chi connectivity index (χ3n) is 9.50. The number of methoxy groups -OCH3 is 2. The normalized spacial score (nSPS) is 15.9. The van der Waals surface area contributed by atoms with Gasteiger partial charge in [-0.2, -0.15) is 0 Å². The predicted octanol–water partition coefficient (Wildman–Crippen LogP) is 6.99. The number of rotatable bonds is 12. The Hall–Kier alpha value is -4.50. The van der Waals surface area contributed by atoms with E-state index < -0.39 is 17.4 Å². The fraction of sp³-hybridized carbons (Fsp3) is 0.421. The maximum atomic E-state index is 13.8. The van der Waals surface area contributed by atoms with Crippen LogP contribution in [0, 0.1) is 0 Å². The van der Waals surface area contributed by atoms with E-state index in [2.05, 4.69) is 16.0 Å². The molecule has 47 heavy (non-hydrogen) atoms. The van der Waals surface area contributed by atoms with Gasteiger partial charge in [-0.15, -0.1) is 0 Å². The van der Waals surface area contributed by atoms with Crippen molar-refractivity contribution in [1.82, 2.24) is 9.88 Å². The number of amides is 1. The zero-order chi connectivity index (χ0) is 33.0. The fourth-order valence-corrected chi connectivity index (χ4v) is 7.04. The number of carbonyl (C=O) groups is 2. The molecule has 0 unspecified atom stereocenters. The lowest BCUT2D eigenvalue weighted by atomic mass is 9.81. The molecular weight excluding hydrogens is 596 g/mol. The van der Waals surface area contributed by atoms with E-state index in [0.29, 0.717) is 43.6 Å². The highest BCUT2D eigenvalue weighted by Crippen LogP contribution is 2.47. The van der Waals surface area contributed by atoms with E-state index in [4.69, 9.17) is 18.9 Å². The van der Waals surface area contributed by atoms with Gasteiger partial charge in [0, 0.05) is 54.7 Å². The minimum atomic E-state index is -1.53. The molecule has 0 spiro atoms. The molecule has 9 heteroatoms. The number of carboxylic acid groups (broad SMARTS) is 1. The quantitative estimate of drug-likeness (QED) is 0.161. The van der Waals surface area contributed by atoms with Gasteiger partial charge in [0.05, 0.1) is 26.0 Å². The van der Waals surface area contributed by atoms with E-state index in [-0.39, 0.29) is 6.42 Å². The van der Waals surface area contributed by atoms with E-state index in [1.54, 1.807) is 21.1 Å². The van der Waals surface area contributed by atoms with Gasteiger partial charge in [-0.3, -0.25) is 4.79 Å². The third kappa shape index (κ3) is 6.81. The predicted molar refractivity (Wildman–Crippen MR) is 181 cm³/mol. The number of fused-ring (bicyclic) bond motifs is 5. The fourth-order valence-electron chi connectivity index (χ4n) is 7.04. The summed E-state index contributed by atoms with van der Waals surface area (Å²) >= 11 is 0. The number of nitrogens with one attached hydrogen (secondary N) is 1. The molecule has 1 aromatic heterocycles. The summed E-state index contributed by atoms with van der Waals surface area (Å²) in [5.41, 5.74) is 4.10. The van der Waals surface area contributed by atoms with Crippen molar-refractivity contribution in [2.45, 2.75) is 69.9 Å². The van der Waals surface area contributed by atoms with Crippen LogP contribution in [-0.4, -0.2) is 61.1 Å². The summed E-state index contributed by atoms with van der Waals surface area (Å²) in [6, 6.07) is 19.1. The molecule has 1 aliphatic carbocycles. The molecular formula is C38H44N2O7. The lowest BCUT2D eigenvalue weighted by Gasteiger charge is -2.26. The Morgan fingerprint density at radius 1 is 0.979 bits per heavy atom. The minimum absolute atomic E-state index is 0.115. The highest BCUT2D eigenvalue weighted by atomic mass is 16.5. The summed E-state index contributed by atoms with van der Waals surface area (Å²) in [6.45, 7) is 3.80. The number of benzene rings is 3. The highest BCUT2D eigenvalue weighted by Gasteiger charge is 2.36. The highest BCUT2D eigenvalue weighted by molar-refractivity contribution is 6.03. The van der Waals surface area contributed by atoms with Crippen LogP contribution in [0.4, 0.5) is 0 Å². The molecule has 1 fully saturated rings. The average molecular weight is 641 g/mol. The van der Waals surface area contributed by atoms with Crippen LogP contribution in [0.15, 0.2) is 60.7 Å². The van der Waals surface area contributed by atoms with Crippen molar-refractivity contribution in [3.63, 3.8) is 0 Å². The van der Waals surface area contributed by atoms with Crippen LogP contribution in [0.2, 0.25) is 0 Å². The van der Waals surface area contributed by atoms with Crippen LogP contribution in [0.1, 0.15) is 72.9 Å². The molecule has 4 aromatic rings. The number of ether oxygens (including phenoxy) is 4. The van der Waals surface area contributed by atoms with Crippen molar-refractivity contribution in [3.8, 4) is 28.5 Å². The molecule has 1 aliphatic heterocycles. The van der Waals surface area contributed by atoms with Crippen molar-refractivity contribution >= 4 is 22.8 Å². The molecule has 0 bridgehead atoms. The Kier molecular flexibility index (Phi) is 9.73. The van der Waals surface area contributed by atoms with Crippen LogP contribution < -0.4 is 19.5 Å². The maximum absolute atomic E-state index is 13.8. The van der Waals surface area contributed by atoms with E-state index in [0.717, 1.165) is 58.5 Å². The summed E-state index contributed by atoms with van der Waals surface area (Å²) in [7, 11) is 3.31. The molecule has 6 rings (SSSR count). The van der Waals surface area contributed by atoms with Crippen molar-refractivity contribution in [2.75, 3.05) is 34.0 Å². The lowest BCUT2D eigenvalue weighted by molar-refractivity contribution is -0.143. The van der Waals surface area contributed by atoms with E-state index in [1.165, 1.54) is 24.8 Å². The van der Waals surface area contributed by atoms with Crippen molar-refractivity contribution in [3.05, 3.63) is 77.4 Å². The zero-order valence-corrected chi connectivity index (χ0v) is 27.5. The van der Waals surface area contributed by atoms with E-state index in [1.807, 2.05) is 54.6 Å². The maximum Gasteiger partial charge on any atom is 0.329 e. The second-order valence-corrected chi connectivity index (χ2v) is 12.8. The molecule has 2 aliphatic rings. The second-order valence-electron chi connectivity index (χ2n) is 12.8. The number of hydrogen-bond donors (Lipinski definition) is 2. The van der Waals surface area contributed by atoms with Gasteiger partial charge < -0.3 is 33.9 Å². The van der Waals surface area contributed by atoms with Gasteiger partial charge in [0.25, 0.3) is 5.91 Å². The van der Waals surface area contributed by atoms with Crippen molar-refractivity contribution in [2.24, 2.45) is 0 Å². The van der Waals surface area contributed by atoms with Crippen LogP contribution >= 0.6 is 0 Å². The van der Waals surface area contributed by atoms with Crippen LogP contribution in [0.25, 0.3) is 22.2 Å². The van der Waals surface area contributed by atoms with Gasteiger partial charge in [-0.05, 0) is 73.2 Å². The smallest absolute Gasteiger partial charge is 0.329 e. The summed E-state index contributed by atoms with van der Waals surface area (Å²) in [6.07, 6.45) is 6.78. The third-order valence-corrected chi connectivity index (χ3v) is 9.50. The molecule has 2 N–H and O–H groups in total. The molecule has 9 nitrogen and oxygen atoms in total. The second kappa shape index (κ2) is 14.1. The molecule has 1 amide bonds. The topological polar surface area (TPSA) is 108 Å². The number of nitrogens with zero attached hydrogens (tertiary/aromatic N) is 1. The standard InChI is InChI=1S/C38H44N2O7/c1-38(37(42)43,24-25-10-13-28(14-11-25)46-20-7-19-44-2)39-36(41)27-12-16-30-32(22-27)40-18-21-47-33-23-29(45-3)15-17-31(33)35(40)34(30)26-8-5-4-6-9-26/h10-17,22-23,26H,4-9,18-21,24H2,1-3H3,(H,39,41)(H,42,43)/t38-/m0/s1. The molecule has 0 saturated heterocycles. The van der Waals surface area contributed by atoms with Gasteiger partial charge in [-0.1, -0.05) is 37.5 Å². The largest absolute Gasteiger partial charge is 0.497 e. The SMILES string of the molecule is COCCCOc1ccc(C[C@](C)(NC(=O)c2ccc3c(C4CCCCC4)c4n(c3c2)CCOc2cc(OC)ccc2-4)C(=O)O)cc1. The molecule has 1 saturated carbocycles. The summed E-state index contributed by atoms with van der Waals surface area (Å²) in [5, 5.41) is 14.3. The minimum Gasteiger partial charge on any atom is -0.497 e. The van der Waals surface area contributed by atoms with Crippen LogP contribution in [0.5, 0.6) is 17.2 Å². The van der Waals surface area contributed by atoms with Crippen molar-refractivity contribution in [1.29, 1.82) is 0 Å². The summed E-state index contributed by atoms with van der Waals surface area (Å²) in [4.78, 5) is 26.4. The molecule has 0 radical (unpaired) electrons.